The van der Waals surface area contributed by atoms with Crippen LogP contribution in [0.3, 0.4) is 0 Å². The van der Waals surface area contributed by atoms with Gasteiger partial charge in [-0.05, 0) is 80.2 Å². The molecule has 0 spiro atoms. The van der Waals surface area contributed by atoms with Crippen LogP contribution in [0.2, 0.25) is 0 Å². The number of halogens is 4. The molecule has 1 N–H and O–H groups in total. The topological polar surface area (TPSA) is 29.5 Å². The van der Waals surface area contributed by atoms with Gasteiger partial charge >= 0.3 is 0 Å². The lowest BCUT2D eigenvalue weighted by atomic mass is 9.76. The molecule has 36 heavy (non-hydrogen) atoms. The molecule has 3 aromatic carbocycles. The van der Waals surface area contributed by atoms with E-state index in [1.54, 1.807) is 56.3 Å². The minimum atomic E-state index is -1.03. The number of aliphatic hydroxyl groups excluding tert-OH is 1. The molecular formula is C30H30F4O2. The Morgan fingerprint density at radius 1 is 0.833 bits per heavy atom. The van der Waals surface area contributed by atoms with Gasteiger partial charge in [0.1, 0.15) is 0 Å². The van der Waals surface area contributed by atoms with Gasteiger partial charge in [0.15, 0.2) is 23.2 Å². The minimum Gasteiger partial charge on any atom is -0.491 e. The Morgan fingerprint density at radius 3 is 2.17 bits per heavy atom. The Labute approximate surface area is 209 Å². The highest BCUT2D eigenvalue weighted by atomic mass is 19.2. The molecular weight excluding hydrogens is 468 g/mol. The number of aliphatic hydroxyl groups is 1. The fourth-order valence-corrected chi connectivity index (χ4v) is 4.92. The summed E-state index contributed by atoms with van der Waals surface area (Å²) in [6, 6.07) is 12.8. The molecule has 190 valence electrons. The van der Waals surface area contributed by atoms with Crippen LogP contribution in [0.4, 0.5) is 17.6 Å². The van der Waals surface area contributed by atoms with Crippen molar-refractivity contribution in [1.82, 2.24) is 0 Å². The normalized spacial score (nSPS) is 19.0. The average molecular weight is 499 g/mol. The Hall–Kier alpha value is -3.12. The predicted octanol–water partition coefficient (Wildman–Crippen LogP) is 8.13. The van der Waals surface area contributed by atoms with Crippen molar-refractivity contribution in [3.8, 4) is 16.9 Å². The van der Waals surface area contributed by atoms with E-state index in [4.69, 9.17) is 4.74 Å². The van der Waals surface area contributed by atoms with E-state index in [0.717, 1.165) is 25.7 Å². The first-order valence-electron chi connectivity index (χ1n) is 12.3. The summed E-state index contributed by atoms with van der Waals surface area (Å²) in [6.45, 7) is 3.70. The summed E-state index contributed by atoms with van der Waals surface area (Å²) in [5.41, 5.74) is 1.82. The van der Waals surface area contributed by atoms with Crippen molar-refractivity contribution in [3.63, 3.8) is 0 Å². The Morgan fingerprint density at radius 2 is 1.53 bits per heavy atom. The summed E-state index contributed by atoms with van der Waals surface area (Å²) >= 11 is 0. The maximum Gasteiger partial charge on any atom is 0.201 e. The van der Waals surface area contributed by atoms with Crippen molar-refractivity contribution in [1.29, 1.82) is 0 Å². The summed E-state index contributed by atoms with van der Waals surface area (Å²) in [4.78, 5) is 0. The van der Waals surface area contributed by atoms with Crippen molar-refractivity contribution in [2.75, 3.05) is 6.61 Å². The molecule has 1 aliphatic carbocycles. The second-order valence-electron chi connectivity index (χ2n) is 9.35. The van der Waals surface area contributed by atoms with Gasteiger partial charge in [-0.3, -0.25) is 0 Å². The van der Waals surface area contributed by atoms with Gasteiger partial charge in [-0.15, -0.1) is 0 Å². The van der Waals surface area contributed by atoms with Crippen molar-refractivity contribution in [2.24, 2.45) is 5.92 Å². The van der Waals surface area contributed by atoms with Crippen molar-refractivity contribution < 1.29 is 27.4 Å². The number of rotatable bonds is 7. The van der Waals surface area contributed by atoms with Crippen LogP contribution in [0.1, 0.15) is 62.1 Å². The first-order valence-corrected chi connectivity index (χ1v) is 12.3. The van der Waals surface area contributed by atoms with Gasteiger partial charge in [0, 0.05) is 11.1 Å². The van der Waals surface area contributed by atoms with Crippen LogP contribution in [-0.2, 0) is 0 Å². The third-order valence-electron chi connectivity index (χ3n) is 7.06. The van der Waals surface area contributed by atoms with Crippen LogP contribution in [0, 0.1) is 29.2 Å². The van der Waals surface area contributed by atoms with Gasteiger partial charge < -0.3 is 9.84 Å². The van der Waals surface area contributed by atoms with E-state index >= 15 is 0 Å². The van der Waals surface area contributed by atoms with Crippen LogP contribution in [0.15, 0.2) is 48.5 Å². The second kappa shape index (κ2) is 11.3. The fraction of sp³-hybridized carbons (Fsp3) is 0.333. The fourth-order valence-electron chi connectivity index (χ4n) is 4.92. The summed E-state index contributed by atoms with van der Waals surface area (Å²) in [5, 5.41) is 9.77. The molecule has 0 bridgehead atoms. The lowest BCUT2D eigenvalue weighted by molar-refractivity contribution is 0.0963. The van der Waals surface area contributed by atoms with E-state index in [1.807, 2.05) is 0 Å². The van der Waals surface area contributed by atoms with E-state index in [0.29, 0.717) is 16.7 Å². The monoisotopic (exact) mass is 498 g/mol. The molecule has 1 fully saturated rings. The van der Waals surface area contributed by atoms with E-state index in [1.165, 1.54) is 18.2 Å². The summed E-state index contributed by atoms with van der Waals surface area (Å²) in [6.07, 6.45) is 5.82. The average Bonchev–Trinajstić information content (AvgIpc) is 2.88. The molecule has 0 aliphatic heterocycles. The van der Waals surface area contributed by atoms with Crippen LogP contribution < -0.4 is 4.74 Å². The van der Waals surface area contributed by atoms with E-state index in [-0.39, 0.29) is 41.4 Å². The molecule has 4 rings (SSSR count). The first-order chi connectivity index (χ1) is 17.3. The number of hydrogen-bond donors (Lipinski definition) is 1. The zero-order valence-corrected chi connectivity index (χ0v) is 20.4. The quantitative estimate of drug-likeness (QED) is 0.263. The zero-order chi connectivity index (χ0) is 25.8. The third kappa shape index (κ3) is 5.49. The highest BCUT2D eigenvalue weighted by Crippen LogP contribution is 2.39. The molecule has 1 unspecified atom stereocenters. The lowest BCUT2D eigenvalue weighted by Gasteiger charge is -2.30. The van der Waals surface area contributed by atoms with E-state index < -0.39 is 23.3 Å². The molecule has 0 saturated heterocycles. The number of benzene rings is 3. The number of hydrogen-bond acceptors (Lipinski definition) is 2. The van der Waals surface area contributed by atoms with Gasteiger partial charge in [0.2, 0.25) is 5.82 Å². The highest BCUT2D eigenvalue weighted by Gasteiger charge is 2.28. The Kier molecular flexibility index (Phi) is 8.14. The van der Waals surface area contributed by atoms with Gasteiger partial charge in [0.05, 0.1) is 12.7 Å². The third-order valence-corrected chi connectivity index (χ3v) is 7.06. The van der Waals surface area contributed by atoms with Crippen LogP contribution in [0.25, 0.3) is 23.3 Å². The molecule has 1 aliphatic rings. The molecule has 1 atom stereocenters. The molecule has 0 aromatic heterocycles. The van der Waals surface area contributed by atoms with Crippen molar-refractivity contribution >= 4 is 12.2 Å². The van der Waals surface area contributed by atoms with E-state index in [9.17, 15) is 22.7 Å². The Balaban J connectivity index is 1.48. The SMILES string of the molecule is CCOc1ccc(-c2ccc(/C=C/c3ccc(C4CCC(C(C)O)CC4)c(F)c3F)cc2)c(F)c1F. The van der Waals surface area contributed by atoms with Crippen molar-refractivity contribution in [2.45, 2.75) is 51.6 Å². The van der Waals surface area contributed by atoms with Gasteiger partial charge in [-0.2, -0.15) is 4.39 Å². The Bertz CT molecular complexity index is 1230. The molecule has 0 radical (unpaired) electrons. The largest absolute Gasteiger partial charge is 0.491 e. The number of ether oxygens (including phenoxy) is 1. The molecule has 0 amide bonds. The minimum absolute atomic E-state index is 0.0482. The van der Waals surface area contributed by atoms with Crippen molar-refractivity contribution in [3.05, 3.63) is 88.5 Å². The molecule has 6 heteroatoms. The molecule has 3 aromatic rings. The maximum absolute atomic E-state index is 14.9. The first kappa shape index (κ1) is 26.0. The zero-order valence-electron chi connectivity index (χ0n) is 20.4. The maximum atomic E-state index is 14.9. The summed E-state index contributed by atoms with van der Waals surface area (Å²) < 4.78 is 63.5. The smallest absolute Gasteiger partial charge is 0.201 e. The highest BCUT2D eigenvalue weighted by molar-refractivity contribution is 5.73. The van der Waals surface area contributed by atoms with Gasteiger partial charge in [0.25, 0.3) is 0 Å². The molecule has 1 saturated carbocycles. The summed E-state index contributed by atoms with van der Waals surface area (Å²) in [5.74, 6) is -3.69. The summed E-state index contributed by atoms with van der Waals surface area (Å²) in [7, 11) is 0. The molecule has 0 heterocycles. The van der Waals surface area contributed by atoms with Gasteiger partial charge in [-0.25, -0.2) is 13.2 Å². The molecule has 2 nitrogen and oxygen atoms in total. The van der Waals surface area contributed by atoms with Crippen LogP contribution in [0.5, 0.6) is 5.75 Å². The van der Waals surface area contributed by atoms with Gasteiger partial charge in [-0.1, -0.05) is 48.6 Å². The standard InChI is InChI=1S/C30H30F4O2/c1-3-36-26-17-16-25(29(33)30(26)34)21-7-4-19(5-8-21)6-9-23-14-15-24(28(32)27(23)31)22-12-10-20(11-13-22)18(2)35/h4-9,14-18,20,22,35H,3,10-13H2,1-2H3/b9-6+. The lowest BCUT2D eigenvalue weighted by Crippen LogP contribution is -2.23. The second-order valence-corrected chi connectivity index (χ2v) is 9.35. The van der Waals surface area contributed by atoms with E-state index in [2.05, 4.69) is 0 Å². The predicted molar refractivity (Wildman–Crippen MR) is 135 cm³/mol. The van der Waals surface area contributed by atoms with Crippen LogP contribution in [-0.4, -0.2) is 17.8 Å². The van der Waals surface area contributed by atoms with Crippen LogP contribution >= 0.6 is 0 Å².